The fourth-order valence-electron chi connectivity index (χ4n) is 7.57. The van der Waals surface area contributed by atoms with Gasteiger partial charge in [0.15, 0.2) is 5.11 Å². The molecular formula is C24H37N3OS. The highest BCUT2D eigenvalue weighted by Crippen LogP contribution is 2.55. The third-order valence-electron chi connectivity index (χ3n) is 8.35. The lowest BCUT2D eigenvalue weighted by Crippen LogP contribution is -2.61. The Morgan fingerprint density at radius 2 is 1.79 bits per heavy atom. The minimum Gasteiger partial charge on any atom is -0.363 e. The number of nitrogens with one attached hydrogen (secondary N) is 2. The van der Waals surface area contributed by atoms with Gasteiger partial charge >= 0.3 is 0 Å². The van der Waals surface area contributed by atoms with Gasteiger partial charge in [0.05, 0.1) is 0 Å². The molecule has 1 amide bonds. The van der Waals surface area contributed by atoms with Crippen molar-refractivity contribution < 1.29 is 4.79 Å². The van der Waals surface area contributed by atoms with Gasteiger partial charge in [-0.3, -0.25) is 4.79 Å². The summed E-state index contributed by atoms with van der Waals surface area (Å²) in [6, 6.07) is 0. The van der Waals surface area contributed by atoms with Crippen LogP contribution in [0.5, 0.6) is 0 Å². The number of hydrogen-bond acceptors (Lipinski definition) is 2. The fourth-order valence-corrected chi connectivity index (χ4v) is 7.89. The predicted octanol–water partition coefficient (Wildman–Crippen LogP) is 4.51. The zero-order valence-electron chi connectivity index (χ0n) is 17.8. The second-order valence-electron chi connectivity index (χ2n) is 10.6. The minimum atomic E-state index is 0.269. The zero-order valence-corrected chi connectivity index (χ0v) is 18.6. The first-order chi connectivity index (χ1) is 14.1. The molecule has 5 heteroatoms. The number of amides is 1. The van der Waals surface area contributed by atoms with Gasteiger partial charge in [-0.15, -0.1) is 0 Å². The number of hydrogen-bond donors (Lipinski definition) is 2. The van der Waals surface area contributed by atoms with Gasteiger partial charge in [-0.05, 0) is 113 Å². The highest BCUT2D eigenvalue weighted by Gasteiger charge is 2.51. The number of piperidine rings is 1. The van der Waals surface area contributed by atoms with E-state index < -0.39 is 0 Å². The quantitative estimate of drug-likeness (QED) is 0.512. The number of thiocarbonyl (C=S) groups is 1. The van der Waals surface area contributed by atoms with Crippen LogP contribution in [0.4, 0.5) is 0 Å². The lowest BCUT2D eigenvalue weighted by atomic mass is 9.53. The molecule has 160 valence electrons. The Hall–Kier alpha value is -1.10. The molecule has 1 atom stereocenters. The average molecular weight is 416 g/mol. The molecular weight excluding hydrogens is 378 g/mol. The van der Waals surface area contributed by atoms with Crippen LogP contribution >= 0.6 is 12.2 Å². The van der Waals surface area contributed by atoms with Crippen molar-refractivity contribution in [1.82, 2.24) is 15.5 Å². The molecule has 6 aliphatic rings. The van der Waals surface area contributed by atoms with E-state index in [0.29, 0.717) is 18.2 Å². The molecule has 0 aromatic rings. The molecule has 4 nitrogen and oxygen atoms in total. The summed E-state index contributed by atoms with van der Waals surface area (Å²) in [5.41, 5.74) is 1.60. The molecule has 29 heavy (non-hydrogen) atoms. The summed E-state index contributed by atoms with van der Waals surface area (Å²) in [6.07, 6.45) is 18.2. The lowest BCUT2D eigenvalue weighted by molar-refractivity contribution is -0.130. The molecule has 1 heterocycles. The van der Waals surface area contributed by atoms with E-state index >= 15 is 0 Å². The minimum absolute atomic E-state index is 0.269. The van der Waals surface area contributed by atoms with Crippen molar-refractivity contribution in [2.24, 2.45) is 23.7 Å². The molecule has 2 N–H and O–H groups in total. The van der Waals surface area contributed by atoms with Crippen LogP contribution in [0.15, 0.2) is 11.8 Å². The van der Waals surface area contributed by atoms with Gasteiger partial charge in [0, 0.05) is 30.7 Å². The molecule has 1 aliphatic heterocycles. The highest BCUT2D eigenvalue weighted by molar-refractivity contribution is 7.80. The first kappa shape index (κ1) is 19.8. The van der Waals surface area contributed by atoms with Gasteiger partial charge in [-0.1, -0.05) is 6.08 Å². The third kappa shape index (κ3) is 4.22. The third-order valence-corrected chi connectivity index (χ3v) is 8.59. The van der Waals surface area contributed by atoms with E-state index in [2.05, 4.69) is 21.6 Å². The van der Waals surface area contributed by atoms with Crippen LogP contribution in [0.1, 0.15) is 83.5 Å². The molecule has 4 bridgehead atoms. The van der Waals surface area contributed by atoms with E-state index in [0.717, 1.165) is 55.2 Å². The Labute approximate surface area is 181 Å². The standard InChI is InChI=1S/C24H37N3OS/c28-22(27-10-4-6-20-5-1-2-7-21(20)27)8-3-9-25-23(29)26-24-14-17-11-18(15-24)13-19(12-17)16-24/h7,17-20H,1-6,8-16H2,(H2,25,26,29). The second kappa shape index (κ2) is 8.20. The summed E-state index contributed by atoms with van der Waals surface area (Å²) in [4.78, 5) is 14.9. The van der Waals surface area contributed by atoms with Crippen LogP contribution in [0.3, 0.4) is 0 Å². The zero-order chi connectivity index (χ0) is 19.8. The van der Waals surface area contributed by atoms with E-state index in [1.54, 1.807) is 0 Å². The van der Waals surface area contributed by atoms with Gasteiger partial charge < -0.3 is 15.5 Å². The van der Waals surface area contributed by atoms with E-state index in [1.165, 1.54) is 63.5 Å². The van der Waals surface area contributed by atoms with Crippen molar-refractivity contribution >= 4 is 23.2 Å². The van der Waals surface area contributed by atoms with E-state index in [-0.39, 0.29) is 5.54 Å². The summed E-state index contributed by atoms with van der Waals surface area (Å²) in [5.74, 6) is 3.73. The maximum atomic E-state index is 12.8. The Bertz CT molecular complexity index is 652. The Balaban J connectivity index is 1.06. The Morgan fingerprint density at radius 3 is 2.52 bits per heavy atom. The number of nitrogens with zero attached hydrogens (tertiary/aromatic N) is 1. The number of rotatable bonds is 5. The van der Waals surface area contributed by atoms with E-state index in [9.17, 15) is 4.79 Å². The molecule has 0 spiro atoms. The van der Waals surface area contributed by atoms with E-state index in [1.807, 2.05) is 0 Å². The fraction of sp³-hybridized carbons (Fsp3) is 0.833. The van der Waals surface area contributed by atoms with Crippen molar-refractivity contribution in [2.45, 2.75) is 89.0 Å². The van der Waals surface area contributed by atoms with Crippen molar-refractivity contribution in [2.75, 3.05) is 13.1 Å². The molecule has 5 fully saturated rings. The Kier molecular flexibility index (Phi) is 5.61. The summed E-state index contributed by atoms with van der Waals surface area (Å²) >= 11 is 5.64. The smallest absolute Gasteiger partial charge is 0.226 e. The monoisotopic (exact) mass is 415 g/mol. The molecule has 4 saturated carbocycles. The van der Waals surface area contributed by atoms with Crippen molar-refractivity contribution in [3.05, 3.63) is 11.8 Å². The number of carbonyl (C=O) groups is 1. The molecule has 6 rings (SSSR count). The van der Waals surface area contributed by atoms with Gasteiger partial charge in [-0.25, -0.2) is 0 Å². The van der Waals surface area contributed by atoms with Gasteiger partial charge in [0.1, 0.15) is 0 Å². The highest BCUT2D eigenvalue weighted by atomic mass is 32.1. The molecule has 0 aromatic carbocycles. The van der Waals surface area contributed by atoms with Crippen LogP contribution < -0.4 is 10.6 Å². The number of likely N-dealkylation sites (tertiary alicyclic amines) is 1. The summed E-state index contributed by atoms with van der Waals surface area (Å²) in [5, 5.41) is 7.95. The van der Waals surface area contributed by atoms with Gasteiger partial charge in [-0.2, -0.15) is 0 Å². The lowest BCUT2D eigenvalue weighted by Gasteiger charge is -2.57. The first-order valence-corrected chi connectivity index (χ1v) is 12.6. The molecule has 1 saturated heterocycles. The van der Waals surface area contributed by atoms with Crippen LogP contribution in [-0.4, -0.2) is 34.5 Å². The summed E-state index contributed by atoms with van der Waals surface area (Å²) in [6.45, 7) is 1.71. The van der Waals surface area contributed by atoms with Crippen LogP contribution in [0.25, 0.3) is 0 Å². The molecule has 0 radical (unpaired) electrons. The van der Waals surface area contributed by atoms with Crippen molar-refractivity contribution in [3.63, 3.8) is 0 Å². The maximum absolute atomic E-state index is 12.8. The largest absolute Gasteiger partial charge is 0.363 e. The summed E-state index contributed by atoms with van der Waals surface area (Å²) in [7, 11) is 0. The molecule has 0 aromatic heterocycles. The number of allylic oxidation sites excluding steroid dienone is 2. The van der Waals surface area contributed by atoms with Gasteiger partial charge in [0.2, 0.25) is 5.91 Å². The number of carbonyl (C=O) groups excluding carboxylic acids is 1. The maximum Gasteiger partial charge on any atom is 0.226 e. The topological polar surface area (TPSA) is 44.4 Å². The predicted molar refractivity (Wildman–Crippen MR) is 120 cm³/mol. The van der Waals surface area contributed by atoms with E-state index in [4.69, 9.17) is 12.2 Å². The van der Waals surface area contributed by atoms with Crippen LogP contribution in [0.2, 0.25) is 0 Å². The molecule has 1 unspecified atom stereocenters. The molecule has 5 aliphatic carbocycles. The van der Waals surface area contributed by atoms with Crippen molar-refractivity contribution in [1.29, 1.82) is 0 Å². The van der Waals surface area contributed by atoms with Gasteiger partial charge in [0.25, 0.3) is 0 Å². The van der Waals surface area contributed by atoms with Crippen LogP contribution in [0, 0.1) is 23.7 Å². The average Bonchev–Trinajstić information content (AvgIpc) is 2.69. The SMILES string of the molecule is O=C(CCCNC(=S)NC12CC3CC(CC(C3)C1)C2)N1CCCC2CCCC=C21. The normalized spacial score (nSPS) is 37.7. The number of fused-ring (bicyclic) bond motifs is 1. The second-order valence-corrected chi connectivity index (χ2v) is 11.0. The van der Waals surface area contributed by atoms with Crippen molar-refractivity contribution in [3.8, 4) is 0 Å². The Morgan fingerprint density at radius 1 is 1.10 bits per heavy atom. The summed E-state index contributed by atoms with van der Waals surface area (Å²) < 4.78 is 0. The van der Waals surface area contributed by atoms with Crippen LogP contribution in [-0.2, 0) is 4.79 Å². The first-order valence-electron chi connectivity index (χ1n) is 12.2.